The number of hydrogen-bond acceptors (Lipinski definition) is 12. The van der Waals surface area contributed by atoms with Crippen molar-refractivity contribution in [1.29, 1.82) is 0 Å². The summed E-state index contributed by atoms with van der Waals surface area (Å²) in [6.07, 6.45) is 6.16. The average Bonchev–Trinajstić information content (AvgIpc) is 4.24. The fourth-order valence-corrected chi connectivity index (χ4v) is 11.4. The minimum absolute atomic E-state index is 0.0107. The van der Waals surface area contributed by atoms with E-state index in [1.54, 1.807) is 51.9 Å². The number of aliphatic hydroxyl groups excluding tert-OH is 1. The van der Waals surface area contributed by atoms with E-state index in [9.17, 15) is 24.6 Å². The number of aromatic hydroxyl groups is 1. The van der Waals surface area contributed by atoms with E-state index >= 15 is 0 Å². The number of benzene rings is 5. The van der Waals surface area contributed by atoms with Gasteiger partial charge in [-0.25, -0.2) is 0 Å². The normalized spacial score (nSPS) is 18.6. The van der Waals surface area contributed by atoms with Crippen LogP contribution in [0.2, 0.25) is 0 Å². The standard InChI is InChI=1S/C24H25BrN2O3.C15H15BrN2O2.C15H21NO3.C9H6BrNO/c1-15(17-6-8-20(29-3)9-7-17)27-14-18(11-24(27)28)16(2)30-23-13-19(25)12-22-21(23)5-4-10-26-22;1-9(10-5-15(19)18-8-10)20-14-7-11(16)6-13-12(14)3-2-4-17-13;1-10(12-4-6-14(19-3)7-5-12)16-9-13(11(2)17)8-15(16)18;10-6-4-8-7(9(12)5-6)2-1-3-11-8/h4-10,12-13,15-16,18H,11,14H2,1-3H3;2-4,6-7,9-10H,5,8H2,1H3,(H,18,19);4-7,10-11,13,17H,8-9H2,1-3H3;1-5,12H/t15?,16-,18-;9-,10-;10-,11-,13+;/m110./s1. The molecular weight excluding hydrogens is 1220 g/mol. The SMILES string of the molecule is COc1ccc(C(C)N2C[C@H]([C@@H](C)Oc3cc(Br)cc4ncccc34)CC2=O)cc1.COc1ccc([C@H](C)N2C[C@H]([C@H](C)O)CC2=O)cc1.C[C@@H](Oc1cc(Br)cc2ncccc12)[C@H]1CNC(=O)C1.Oc1cc(Br)cc2ncccc12. The monoisotopic (exact) mass is 1290 g/mol. The lowest BCUT2D eigenvalue weighted by Gasteiger charge is -2.27. The van der Waals surface area contributed by atoms with Gasteiger partial charge in [0.05, 0.1) is 49.0 Å². The second-order valence-corrected chi connectivity index (χ2v) is 23.3. The van der Waals surface area contributed by atoms with Gasteiger partial charge in [-0.1, -0.05) is 72.1 Å². The summed E-state index contributed by atoms with van der Waals surface area (Å²) in [6, 6.07) is 38.5. The van der Waals surface area contributed by atoms with Gasteiger partial charge in [-0.3, -0.25) is 29.3 Å². The van der Waals surface area contributed by atoms with Crippen LogP contribution in [-0.2, 0) is 14.4 Å². The van der Waals surface area contributed by atoms with Gasteiger partial charge in [0.2, 0.25) is 17.7 Å². The molecule has 3 aliphatic rings. The molecule has 81 heavy (non-hydrogen) atoms. The van der Waals surface area contributed by atoms with Gasteiger partial charge < -0.3 is 44.3 Å². The maximum absolute atomic E-state index is 12.8. The Balaban J connectivity index is 0.000000148. The number of nitrogens with zero attached hydrogens (tertiary/aromatic N) is 5. The van der Waals surface area contributed by atoms with Gasteiger partial charge >= 0.3 is 0 Å². The summed E-state index contributed by atoms with van der Waals surface area (Å²) in [7, 11) is 3.29. The Morgan fingerprint density at radius 3 is 1.37 bits per heavy atom. The van der Waals surface area contributed by atoms with E-state index in [0.29, 0.717) is 38.9 Å². The van der Waals surface area contributed by atoms with Crippen LogP contribution in [-0.4, -0.2) is 105 Å². The fraction of sp³-hybridized carbons (Fsp3) is 0.333. The predicted octanol–water partition coefficient (Wildman–Crippen LogP) is 13.0. The molecule has 0 aliphatic carbocycles. The molecule has 3 fully saturated rings. The third-order valence-corrected chi connectivity index (χ3v) is 16.5. The number of phenolic OH excluding ortho intramolecular Hbond substituents is 1. The highest BCUT2D eigenvalue weighted by Gasteiger charge is 2.38. The minimum atomic E-state index is -0.433. The molecule has 18 heteroatoms. The van der Waals surface area contributed by atoms with Gasteiger partial charge in [0.15, 0.2) is 0 Å². The van der Waals surface area contributed by atoms with Crippen LogP contribution in [0.4, 0.5) is 0 Å². The van der Waals surface area contributed by atoms with Gasteiger partial charge in [0, 0.05) is 105 Å². The molecule has 8 atom stereocenters. The number of likely N-dealkylation sites (tertiary alicyclic amines) is 2. The van der Waals surface area contributed by atoms with Crippen molar-refractivity contribution < 1.29 is 43.5 Å². The van der Waals surface area contributed by atoms with Crippen molar-refractivity contribution in [3.63, 3.8) is 0 Å². The summed E-state index contributed by atoms with van der Waals surface area (Å²) >= 11 is 10.3. The third kappa shape index (κ3) is 15.4. The minimum Gasteiger partial charge on any atom is -0.507 e. The maximum Gasteiger partial charge on any atom is 0.223 e. The molecule has 8 aromatic rings. The molecule has 424 valence electrons. The molecule has 1 unspecified atom stereocenters. The lowest BCUT2D eigenvalue weighted by molar-refractivity contribution is -0.130. The van der Waals surface area contributed by atoms with E-state index in [-0.39, 0.29) is 65.5 Å². The Hall–Kier alpha value is -6.86. The van der Waals surface area contributed by atoms with Crippen molar-refractivity contribution in [1.82, 2.24) is 30.1 Å². The molecule has 0 radical (unpaired) electrons. The van der Waals surface area contributed by atoms with E-state index in [1.807, 2.05) is 140 Å². The largest absolute Gasteiger partial charge is 0.507 e. The molecule has 15 nitrogen and oxygen atoms in total. The van der Waals surface area contributed by atoms with Gasteiger partial charge in [0.1, 0.15) is 41.0 Å². The van der Waals surface area contributed by atoms with E-state index in [1.165, 1.54) is 0 Å². The molecule has 0 saturated carbocycles. The smallest absolute Gasteiger partial charge is 0.223 e. The topological polar surface area (TPSA) is 186 Å². The molecule has 6 heterocycles. The number of fused-ring (bicyclic) bond motifs is 3. The second kappa shape index (κ2) is 27.7. The molecule has 3 aliphatic heterocycles. The van der Waals surface area contributed by atoms with Crippen molar-refractivity contribution in [3.05, 3.63) is 164 Å². The van der Waals surface area contributed by atoms with Gasteiger partial charge in [-0.15, -0.1) is 0 Å². The number of nitrogens with one attached hydrogen (secondary N) is 1. The molecular formula is C63H67Br3N6O9. The highest BCUT2D eigenvalue weighted by Crippen LogP contribution is 2.37. The van der Waals surface area contributed by atoms with E-state index < -0.39 is 6.10 Å². The predicted molar refractivity (Wildman–Crippen MR) is 325 cm³/mol. The first kappa shape index (κ1) is 60.2. The van der Waals surface area contributed by atoms with Crippen molar-refractivity contribution in [2.24, 2.45) is 17.8 Å². The Bertz CT molecular complexity index is 3460. The second-order valence-electron chi connectivity index (χ2n) is 20.5. The zero-order valence-corrected chi connectivity index (χ0v) is 51.0. The van der Waals surface area contributed by atoms with E-state index in [0.717, 1.165) is 80.3 Å². The zero-order chi connectivity index (χ0) is 57.9. The van der Waals surface area contributed by atoms with Crippen molar-refractivity contribution in [3.8, 4) is 28.7 Å². The number of rotatable bonds is 13. The molecule has 0 spiro atoms. The number of phenols is 1. The molecule has 0 bridgehead atoms. The quantitative estimate of drug-likeness (QED) is 0.0993. The fourth-order valence-electron chi connectivity index (χ4n) is 10.1. The first-order valence-corrected chi connectivity index (χ1v) is 29.2. The van der Waals surface area contributed by atoms with Gasteiger partial charge in [-0.2, -0.15) is 0 Å². The van der Waals surface area contributed by atoms with Crippen LogP contribution >= 0.6 is 47.8 Å². The van der Waals surface area contributed by atoms with Crippen LogP contribution in [0.25, 0.3) is 32.7 Å². The number of ether oxygens (including phenoxy) is 4. The Morgan fingerprint density at radius 1 is 0.543 bits per heavy atom. The molecule has 11 rings (SSSR count). The number of aromatic nitrogens is 3. The van der Waals surface area contributed by atoms with Crippen LogP contribution in [0.3, 0.4) is 0 Å². The summed E-state index contributed by atoms with van der Waals surface area (Å²) in [5, 5.41) is 24.7. The number of pyridine rings is 3. The molecule has 3 amide bonds. The first-order chi connectivity index (χ1) is 38.9. The first-order valence-electron chi connectivity index (χ1n) is 26.9. The van der Waals surface area contributed by atoms with Crippen molar-refractivity contribution in [2.75, 3.05) is 33.9 Å². The van der Waals surface area contributed by atoms with E-state index in [2.05, 4.69) is 75.0 Å². The number of carbonyl (C=O) groups is 3. The Kier molecular flexibility index (Phi) is 20.6. The summed E-state index contributed by atoms with van der Waals surface area (Å²) in [5.41, 5.74) is 4.75. The lowest BCUT2D eigenvalue weighted by Crippen LogP contribution is -2.31. The summed E-state index contributed by atoms with van der Waals surface area (Å²) in [5.74, 6) is 4.25. The average molecular weight is 1290 g/mol. The number of hydrogen-bond donors (Lipinski definition) is 3. The lowest BCUT2D eigenvalue weighted by atomic mass is 10.0. The van der Waals surface area contributed by atoms with Crippen LogP contribution in [0.1, 0.15) is 77.1 Å². The summed E-state index contributed by atoms with van der Waals surface area (Å²) in [6.45, 7) is 11.9. The highest BCUT2D eigenvalue weighted by molar-refractivity contribution is 9.11. The number of carbonyl (C=O) groups excluding carboxylic acids is 3. The van der Waals surface area contributed by atoms with Crippen LogP contribution in [0.5, 0.6) is 28.7 Å². The number of methoxy groups -OCH3 is 2. The van der Waals surface area contributed by atoms with Crippen LogP contribution in [0, 0.1) is 17.8 Å². The molecule has 3 saturated heterocycles. The Morgan fingerprint density at radius 2 is 0.951 bits per heavy atom. The van der Waals surface area contributed by atoms with Gasteiger partial charge in [-0.05, 0) is 143 Å². The highest BCUT2D eigenvalue weighted by atomic mass is 79.9. The zero-order valence-electron chi connectivity index (χ0n) is 46.3. The number of amides is 3. The summed E-state index contributed by atoms with van der Waals surface area (Å²) in [4.78, 5) is 52.8. The Labute approximate surface area is 497 Å². The van der Waals surface area contributed by atoms with Gasteiger partial charge in [0.25, 0.3) is 0 Å². The van der Waals surface area contributed by atoms with Crippen molar-refractivity contribution >= 4 is 98.2 Å². The molecule has 3 aromatic heterocycles. The molecule has 5 aromatic carbocycles. The van der Waals surface area contributed by atoms with Crippen molar-refractivity contribution in [2.45, 2.75) is 84.3 Å². The maximum atomic E-state index is 12.8. The molecule has 3 N–H and O–H groups in total. The van der Waals surface area contributed by atoms with E-state index in [4.69, 9.17) is 18.9 Å². The third-order valence-electron chi connectivity index (χ3n) is 15.1. The summed E-state index contributed by atoms with van der Waals surface area (Å²) < 4.78 is 25.5. The van der Waals surface area contributed by atoms with Crippen LogP contribution < -0.4 is 24.3 Å². The number of halogens is 3. The number of aliphatic hydroxyl groups is 1. The van der Waals surface area contributed by atoms with Crippen LogP contribution in [0.15, 0.2) is 153 Å².